The zero-order valence-electron chi connectivity index (χ0n) is 12.3. The van der Waals surface area contributed by atoms with Crippen molar-refractivity contribution in [1.29, 1.82) is 0 Å². The summed E-state index contributed by atoms with van der Waals surface area (Å²) in [6.45, 7) is 6.03. The highest BCUT2D eigenvalue weighted by Crippen LogP contribution is 2.17. The lowest BCUT2D eigenvalue weighted by molar-refractivity contribution is 0.0944. The van der Waals surface area contributed by atoms with Crippen LogP contribution in [0, 0.1) is 0 Å². The van der Waals surface area contributed by atoms with Crippen LogP contribution in [0.2, 0.25) is 0 Å². The standard InChI is InChI=1S/C16H24N2O2/c1-3-20-16(19)18-11-9-15(10-12-18)17-13(2)14-7-5-4-6-8-14/h4-8,13,15,17H,3,9-12H2,1-2H3. The molecule has 0 saturated carbocycles. The van der Waals surface area contributed by atoms with Gasteiger partial charge in [0.2, 0.25) is 0 Å². The smallest absolute Gasteiger partial charge is 0.409 e. The van der Waals surface area contributed by atoms with Crippen LogP contribution in [0.15, 0.2) is 30.3 Å². The molecule has 1 saturated heterocycles. The van der Waals surface area contributed by atoms with Crippen molar-refractivity contribution in [2.45, 2.75) is 38.8 Å². The van der Waals surface area contributed by atoms with Crippen molar-refractivity contribution in [3.63, 3.8) is 0 Å². The molecule has 1 fully saturated rings. The summed E-state index contributed by atoms with van der Waals surface area (Å²) in [5.74, 6) is 0. The lowest BCUT2D eigenvalue weighted by Crippen LogP contribution is -2.45. The van der Waals surface area contributed by atoms with E-state index < -0.39 is 0 Å². The SMILES string of the molecule is CCOC(=O)N1CCC(NC(C)c2ccccc2)CC1. The van der Waals surface area contributed by atoms with Crippen LogP contribution in [0.25, 0.3) is 0 Å². The Balaban J connectivity index is 1.78. The molecule has 1 amide bonds. The number of carbonyl (C=O) groups excluding carboxylic acids is 1. The molecule has 1 aliphatic heterocycles. The molecule has 1 heterocycles. The molecule has 1 N–H and O–H groups in total. The van der Waals surface area contributed by atoms with Crippen LogP contribution in [-0.2, 0) is 4.74 Å². The van der Waals surface area contributed by atoms with Gasteiger partial charge in [-0.05, 0) is 32.3 Å². The van der Waals surface area contributed by atoms with Crippen LogP contribution in [0.5, 0.6) is 0 Å². The van der Waals surface area contributed by atoms with Crippen LogP contribution in [0.3, 0.4) is 0 Å². The van der Waals surface area contributed by atoms with Gasteiger partial charge in [0, 0.05) is 25.2 Å². The molecule has 4 heteroatoms. The van der Waals surface area contributed by atoms with Gasteiger partial charge >= 0.3 is 6.09 Å². The van der Waals surface area contributed by atoms with E-state index in [2.05, 4.69) is 36.5 Å². The molecule has 0 radical (unpaired) electrons. The van der Waals surface area contributed by atoms with Gasteiger partial charge in [-0.15, -0.1) is 0 Å². The van der Waals surface area contributed by atoms with Gasteiger partial charge in [-0.2, -0.15) is 0 Å². The van der Waals surface area contributed by atoms with Crippen molar-refractivity contribution in [3.05, 3.63) is 35.9 Å². The van der Waals surface area contributed by atoms with E-state index in [1.807, 2.05) is 13.0 Å². The Morgan fingerprint density at radius 1 is 1.35 bits per heavy atom. The third-order valence-electron chi connectivity index (χ3n) is 3.81. The lowest BCUT2D eigenvalue weighted by atomic mass is 10.0. The number of hydrogen-bond acceptors (Lipinski definition) is 3. The highest BCUT2D eigenvalue weighted by atomic mass is 16.6. The van der Waals surface area contributed by atoms with Crippen LogP contribution in [-0.4, -0.2) is 36.7 Å². The Labute approximate surface area is 121 Å². The fraction of sp³-hybridized carbons (Fsp3) is 0.562. The number of benzene rings is 1. The minimum absolute atomic E-state index is 0.179. The molecule has 0 spiro atoms. The van der Waals surface area contributed by atoms with Crippen molar-refractivity contribution in [2.75, 3.05) is 19.7 Å². The van der Waals surface area contributed by atoms with Gasteiger partial charge < -0.3 is 15.0 Å². The van der Waals surface area contributed by atoms with E-state index in [1.54, 1.807) is 4.90 Å². The Kier molecular flexibility index (Phi) is 5.41. The Bertz CT molecular complexity index is 414. The third-order valence-corrected chi connectivity index (χ3v) is 3.81. The normalized spacial score (nSPS) is 17.8. The van der Waals surface area contributed by atoms with E-state index in [-0.39, 0.29) is 6.09 Å². The molecule has 0 aliphatic carbocycles. The van der Waals surface area contributed by atoms with E-state index in [1.165, 1.54) is 5.56 Å². The summed E-state index contributed by atoms with van der Waals surface area (Å²) in [5.41, 5.74) is 1.31. The van der Waals surface area contributed by atoms with Gasteiger partial charge in [-0.25, -0.2) is 4.79 Å². The Hall–Kier alpha value is -1.55. The molecule has 1 atom stereocenters. The van der Waals surface area contributed by atoms with Crippen LogP contribution >= 0.6 is 0 Å². The summed E-state index contributed by atoms with van der Waals surface area (Å²) in [4.78, 5) is 13.4. The number of rotatable bonds is 4. The van der Waals surface area contributed by atoms with Crippen molar-refractivity contribution in [3.8, 4) is 0 Å². The van der Waals surface area contributed by atoms with Crippen LogP contribution in [0.4, 0.5) is 4.79 Å². The zero-order valence-corrected chi connectivity index (χ0v) is 12.3. The minimum Gasteiger partial charge on any atom is -0.450 e. The highest BCUT2D eigenvalue weighted by molar-refractivity contribution is 5.67. The van der Waals surface area contributed by atoms with Gasteiger partial charge in [0.15, 0.2) is 0 Å². The highest BCUT2D eigenvalue weighted by Gasteiger charge is 2.24. The first-order valence-electron chi connectivity index (χ1n) is 7.43. The molecule has 0 aromatic heterocycles. The fourth-order valence-electron chi connectivity index (χ4n) is 2.63. The summed E-state index contributed by atoms with van der Waals surface area (Å²) in [7, 11) is 0. The molecule has 20 heavy (non-hydrogen) atoms. The summed E-state index contributed by atoms with van der Waals surface area (Å²) in [6, 6.07) is 11.3. The van der Waals surface area contributed by atoms with Gasteiger partial charge in [0.25, 0.3) is 0 Å². The Morgan fingerprint density at radius 3 is 2.60 bits per heavy atom. The minimum atomic E-state index is -0.179. The first-order valence-corrected chi connectivity index (χ1v) is 7.43. The second kappa shape index (κ2) is 7.29. The number of amides is 1. The van der Waals surface area contributed by atoms with Crippen LogP contribution < -0.4 is 5.32 Å². The van der Waals surface area contributed by atoms with E-state index >= 15 is 0 Å². The monoisotopic (exact) mass is 276 g/mol. The lowest BCUT2D eigenvalue weighted by Gasteiger charge is -2.33. The van der Waals surface area contributed by atoms with Gasteiger partial charge in [-0.3, -0.25) is 0 Å². The van der Waals surface area contributed by atoms with Crippen LogP contribution in [0.1, 0.15) is 38.3 Å². The molecule has 4 nitrogen and oxygen atoms in total. The zero-order chi connectivity index (χ0) is 14.4. The molecule has 1 aromatic carbocycles. The first-order chi connectivity index (χ1) is 9.70. The predicted molar refractivity (Wildman–Crippen MR) is 79.6 cm³/mol. The number of likely N-dealkylation sites (tertiary alicyclic amines) is 1. The van der Waals surface area contributed by atoms with Crippen molar-refractivity contribution >= 4 is 6.09 Å². The van der Waals surface area contributed by atoms with E-state index in [4.69, 9.17) is 4.74 Å². The largest absolute Gasteiger partial charge is 0.450 e. The summed E-state index contributed by atoms with van der Waals surface area (Å²) >= 11 is 0. The molecular weight excluding hydrogens is 252 g/mol. The molecular formula is C16H24N2O2. The van der Waals surface area contributed by atoms with E-state index in [9.17, 15) is 4.79 Å². The summed E-state index contributed by atoms with van der Waals surface area (Å²) in [5, 5.41) is 3.65. The van der Waals surface area contributed by atoms with Gasteiger partial charge in [0.1, 0.15) is 0 Å². The fourth-order valence-corrected chi connectivity index (χ4v) is 2.63. The molecule has 0 bridgehead atoms. The first kappa shape index (κ1) is 14.9. The maximum Gasteiger partial charge on any atom is 0.409 e. The maximum atomic E-state index is 11.6. The number of piperidine rings is 1. The van der Waals surface area contributed by atoms with Gasteiger partial charge in [0.05, 0.1) is 6.61 Å². The van der Waals surface area contributed by atoms with Crippen molar-refractivity contribution in [1.82, 2.24) is 10.2 Å². The number of hydrogen-bond donors (Lipinski definition) is 1. The number of ether oxygens (including phenoxy) is 1. The number of carbonyl (C=O) groups is 1. The topological polar surface area (TPSA) is 41.6 Å². The number of nitrogens with one attached hydrogen (secondary N) is 1. The van der Waals surface area contributed by atoms with Crippen molar-refractivity contribution < 1.29 is 9.53 Å². The molecule has 1 aliphatic rings. The van der Waals surface area contributed by atoms with Gasteiger partial charge in [-0.1, -0.05) is 30.3 Å². The van der Waals surface area contributed by atoms with Crippen molar-refractivity contribution in [2.24, 2.45) is 0 Å². The maximum absolute atomic E-state index is 11.6. The second-order valence-corrected chi connectivity index (χ2v) is 5.26. The quantitative estimate of drug-likeness (QED) is 0.919. The molecule has 1 unspecified atom stereocenters. The Morgan fingerprint density at radius 2 is 2.00 bits per heavy atom. The molecule has 110 valence electrons. The average Bonchev–Trinajstić information content (AvgIpc) is 2.49. The van der Waals surface area contributed by atoms with E-state index in [0.29, 0.717) is 18.7 Å². The third kappa shape index (κ3) is 3.97. The molecule has 1 aromatic rings. The molecule has 2 rings (SSSR count). The predicted octanol–water partition coefficient (Wildman–Crippen LogP) is 2.96. The second-order valence-electron chi connectivity index (χ2n) is 5.26. The number of nitrogens with zero attached hydrogens (tertiary/aromatic N) is 1. The summed E-state index contributed by atoms with van der Waals surface area (Å²) < 4.78 is 5.03. The van der Waals surface area contributed by atoms with E-state index in [0.717, 1.165) is 25.9 Å². The average molecular weight is 276 g/mol. The summed E-state index contributed by atoms with van der Waals surface area (Å²) in [6.07, 6.45) is 1.79.